The molecule has 7 nitrogen and oxygen atoms in total. The number of hydrogen-bond donors (Lipinski definition) is 2. The smallest absolute Gasteiger partial charge is 0.225 e. The van der Waals surface area contributed by atoms with Gasteiger partial charge in [-0.1, -0.05) is 18.9 Å². The predicted molar refractivity (Wildman–Crippen MR) is 113 cm³/mol. The lowest BCUT2D eigenvalue weighted by Gasteiger charge is -2.36. The van der Waals surface area contributed by atoms with Gasteiger partial charge in [-0.2, -0.15) is 0 Å². The van der Waals surface area contributed by atoms with Crippen LogP contribution in [0.3, 0.4) is 0 Å². The molecule has 1 saturated carbocycles. The maximum absolute atomic E-state index is 13.2. The highest BCUT2D eigenvalue weighted by molar-refractivity contribution is 5.84. The predicted octanol–water partition coefficient (Wildman–Crippen LogP) is 1.40. The third-order valence-electron chi connectivity index (χ3n) is 6.62. The number of piperazine rings is 1. The van der Waals surface area contributed by atoms with Crippen LogP contribution in [0.15, 0.2) is 24.4 Å². The summed E-state index contributed by atoms with van der Waals surface area (Å²) in [5, 5.41) is 6.67. The zero-order chi connectivity index (χ0) is 20.1. The fourth-order valence-electron chi connectivity index (χ4n) is 4.94. The van der Waals surface area contributed by atoms with E-state index < -0.39 is 0 Å². The van der Waals surface area contributed by atoms with Gasteiger partial charge in [-0.3, -0.25) is 9.59 Å². The lowest BCUT2D eigenvalue weighted by Crippen LogP contribution is -2.50. The molecular weight excluding hydrogens is 366 g/mol. The molecule has 0 bridgehead atoms. The molecule has 1 aromatic rings. The van der Waals surface area contributed by atoms with E-state index in [2.05, 4.69) is 20.5 Å². The Kier molecular flexibility index (Phi) is 6.64. The van der Waals surface area contributed by atoms with E-state index in [-0.39, 0.29) is 29.7 Å². The Bertz CT molecular complexity index is 690. The first-order valence-electron chi connectivity index (χ1n) is 11.2. The van der Waals surface area contributed by atoms with Crippen LogP contribution < -0.4 is 15.5 Å². The number of carbonyl (C=O) groups excluding carboxylic acids is 2. The van der Waals surface area contributed by atoms with Gasteiger partial charge in [0.15, 0.2) is 0 Å². The molecule has 7 heteroatoms. The fraction of sp³-hybridized carbons (Fsp3) is 0.682. The van der Waals surface area contributed by atoms with Crippen molar-refractivity contribution in [3.8, 4) is 0 Å². The molecule has 3 atom stereocenters. The number of fused-ring (bicyclic) bond motifs is 1. The van der Waals surface area contributed by atoms with E-state index in [1.165, 1.54) is 12.8 Å². The van der Waals surface area contributed by atoms with Crippen LogP contribution in [-0.4, -0.2) is 67.0 Å². The summed E-state index contributed by atoms with van der Waals surface area (Å²) in [7, 11) is 0. The van der Waals surface area contributed by atoms with Crippen molar-refractivity contribution >= 4 is 17.6 Å². The van der Waals surface area contributed by atoms with Gasteiger partial charge in [0.05, 0.1) is 5.92 Å². The minimum Gasteiger partial charge on any atom is -0.356 e. The Morgan fingerprint density at radius 1 is 1.00 bits per heavy atom. The van der Waals surface area contributed by atoms with Crippen molar-refractivity contribution in [2.45, 2.75) is 44.6 Å². The van der Waals surface area contributed by atoms with Crippen molar-refractivity contribution in [3.05, 3.63) is 24.4 Å². The molecule has 4 rings (SSSR count). The first-order valence-corrected chi connectivity index (χ1v) is 11.2. The molecule has 3 heterocycles. The Labute approximate surface area is 173 Å². The summed E-state index contributed by atoms with van der Waals surface area (Å²) in [4.78, 5) is 34.5. The Morgan fingerprint density at radius 2 is 1.79 bits per heavy atom. The lowest BCUT2D eigenvalue weighted by molar-refractivity contribution is -0.135. The Balaban J connectivity index is 1.34. The SMILES string of the molecule is O=C1NCCCCCCN[C@H]2C[C@H](C(=O)N3CCN(c4ccccn4)CC3)C[C@@H]12. The molecule has 2 N–H and O–H groups in total. The quantitative estimate of drug-likeness (QED) is 0.786. The molecule has 0 radical (unpaired) electrons. The van der Waals surface area contributed by atoms with Gasteiger partial charge >= 0.3 is 0 Å². The molecule has 2 saturated heterocycles. The molecule has 1 aromatic heterocycles. The number of nitrogens with one attached hydrogen (secondary N) is 2. The van der Waals surface area contributed by atoms with E-state index in [9.17, 15) is 9.59 Å². The maximum Gasteiger partial charge on any atom is 0.225 e. The van der Waals surface area contributed by atoms with Crippen LogP contribution in [0, 0.1) is 11.8 Å². The molecule has 158 valence electrons. The summed E-state index contributed by atoms with van der Waals surface area (Å²) in [6.45, 7) is 4.76. The molecule has 0 aromatic carbocycles. The van der Waals surface area contributed by atoms with Gasteiger partial charge < -0.3 is 20.4 Å². The topological polar surface area (TPSA) is 77.6 Å². The van der Waals surface area contributed by atoms with Crippen LogP contribution in [0.1, 0.15) is 38.5 Å². The molecule has 1 aliphatic carbocycles. The van der Waals surface area contributed by atoms with Crippen LogP contribution in [0.5, 0.6) is 0 Å². The minimum absolute atomic E-state index is 0.0485. The summed E-state index contributed by atoms with van der Waals surface area (Å²) in [5.74, 6) is 1.19. The van der Waals surface area contributed by atoms with Crippen molar-refractivity contribution < 1.29 is 9.59 Å². The number of hydrogen-bond acceptors (Lipinski definition) is 5. The fourth-order valence-corrected chi connectivity index (χ4v) is 4.94. The van der Waals surface area contributed by atoms with Gasteiger partial charge in [0.2, 0.25) is 11.8 Å². The third-order valence-corrected chi connectivity index (χ3v) is 6.62. The molecule has 2 aliphatic heterocycles. The lowest BCUT2D eigenvalue weighted by atomic mass is 10.0. The Hall–Kier alpha value is -2.15. The minimum atomic E-state index is -0.0862. The number of nitrogens with zero attached hydrogens (tertiary/aromatic N) is 3. The van der Waals surface area contributed by atoms with Gasteiger partial charge in [-0.05, 0) is 44.4 Å². The van der Waals surface area contributed by atoms with Gasteiger partial charge in [0.25, 0.3) is 0 Å². The number of anilines is 1. The molecule has 2 amide bonds. The maximum atomic E-state index is 13.2. The average Bonchev–Trinajstić information content (AvgIpc) is 3.18. The highest BCUT2D eigenvalue weighted by Crippen LogP contribution is 2.33. The number of rotatable bonds is 2. The summed E-state index contributed by atoms with van der Waals surface area (Å²) in [5.41, 5.74) is 0. The molecule has 3 aliphatic rings. The number of carbonyl (C=O) groups is 2. The van der Waals surface area contributed by atoms with Crippen LogP contribution in [0.2, 0.25) is 0 Å². The van der Waals surface area contributed by atoms with Crippen molar-refractivity contribution in [1.82, 2.24) is 20.5 Å². The van der Waals surface area contributed by atoms with Crippen LogP contribution >= 0.6 is 0 Å². The summed E-state index contributed by atoms with van der Waals surface area (Å²) in [6, 6.07) is 6.05. The molecular formula is C22H33N5O2. The summed E-state index contributed by atoms with van der Waals surface area (Å²) in [6.07, 6.45) is 7.81. The summed E-state index contributed by atoms with van der Waals surface area (Å²) < 4.78 is 0. The zero-order valence-electron chi connectivity index (χ0n) is 17.2. The summed E-state index contributed by atoms with van der Waals surface area (Å²) >= 11 is 0. The van der Waals surface area contributed by atoms with E-state index >= 15 is 0 Å². The Morgan fingerprint density at radius 3 is 2.55 bits per heavy atom. The van der Waals surface area contributed by atoms with Gasteiger partial charge in [-0.25, -0.2) is 4.98 Å². The molecule has 3 fully saturated rings. The standard InChI is InChI=1S/C22H33N5O2/c28-21-18-15-17(16-19(18)23-8-4-1-2-5-10-25-21)22(29)27-13-11-26(12-14-27)20-7-3-6-9-24-20/h3,6-7,9,17-19,23H,1-2,4-5,8,10-16H2,(H,25,28)/t17-,18-,19+/m1/s1. The van der Waals surface area contributed by atoms with E-state index in [0.29, 0.717) is 6.42 Å². The largest absolute Gasteiger partial charge is 0.356 e. The van der Waals surface area contributed by atoms with Crippen LogP contribution in [0.4, 0.5) is 5.82 Å². The number of pyridine rings is 1. The van der Waals surface area contributed by atoms with Crippen LogP contribution in [0.25, 0.3) is 0 Å². The van der Waals surface area contributed by atoms with E-state index in [1.54, 1.807) is 0 Å². The van der Waals surface area contributed by atoms with Gasteiger partial charge in [-0.15, -0.1) is 0 Å². The van der Waals surface area contributed by atoms with E-state index in [1.807, 2.05) is 29.3 Å². The second-order valence-electron chi connectivity index (χ2n) is 8.54. The van der Waals surface area contributed by atoms with Gasteiger partial charge in [0.1, 0.15) is 5.82 Å². The van der Waals surface area contributed by atoms with Crippen molar-refractivity contribution in [3.63, 3.8) is 0 Å². The number of amides is 2. The second-order valence-corrected chi connectivity index (χ2v) is 8.54. The normalized spacial score (nSPS) is 29.0. The zero-order valence-corrected chi connectivity index (χ0v) is 17.2. The van der Waals surface area contributed by atoms with Gasteiger partial charge in [0, 0.05) is 50.9 Å². The second kappa shape index (κ2) is 9.57. The molecule has 0 spiro atoms. The van der Waals surface area contributed by atoms with Crippen LogP contribution in [-0.2, 0) is 9.59 Å². The van der Waals surface area contributed by atoms with E-state index in [0.717, 1.165) is 64.3 Å². The highest BCUT2D eigenvalue weighted by Gasteiger charge is 2.42. The third kappa shape index (κ3) is 4.89. The van der Waals surface area contributed by atoms with E-state index in [4.69, 9.17) is 0 Å². The molecule has 29 heavy (non-hydrogen) atoms. The number of aromatic nitrogens is 1. The van der Waals surface area contributed by atoms with Crippen molar-refractivity contribution in [1.29, 1.82) is 0 Å². The molecule has 0 unspecified atom stereocenters. The first kappa shape index (κ1) is 20.1. The van der Waals surface area contributed by atoms with Crippen molar-refractivity contribution in [2.75, 3.05) is 44.2 Å². The van der Waals surface area contributed by atoms with Crippen molar-refractivity contribution in [2.24, 2.45) is 11.8 Å². The highest BCUT2D eigenvalue weighted by atomic mass is 16.2. The first-order chi connectivity index (χ1) is 14.2. The average molecular weight is 400 g/mol. The monoisotopic (exact) mass is 399 g/mol.